The van der Waals surface area contributed by atoms with Gasteiger partial charge in [-0.2, -0.15) is 0 Å². The molecule has 0 amide bonds. The van der Waals surface area contributed by atoms with Crippen LogP contribution >= 0.6 is 0 Å². The molecular weight excluding hydrogens is 552 g/mol. The number of fused-ring (bicyclic) bond motifs is 2. The van der Waals surface area contributed by atoms with Crippen molar-refractivity contribution >= 4 is 33.5 Å². The Morgan fingerprint density at radius 3 is 1.23 bits per heavy atom. The third-order valence-corrected chi connectivity index (χ3v) is 6.03. The summed E-state index contributed by atoms with van der Waals surface area (Å²) in [6.45, 7) is 0. The monoisotopic (exact) mass is 578 g/mol. The molecule has 0 aliphatic rings. The molecule has 0 saturated heterocycles. The van der Waals surface area contributed by atoms with Crippen LogP contribution in [0.1, 0.15) is 20.7 Å². The Morgan fingerprint density at radius 2 is 0.767 bits per heavy atom. The number of aromatic carboxylic acids is 1. The lowest BCUT2D eigenvalue weighted by Gasteiger charge is -2.06. The minimum Gasteiger partial charge on any atom is -0.508 e. The summed E-state index contributed by atoms with van der Waals surface area (Å²) in [5.41, 5.74) is 0.671. The van der Waals surface area contributed by atoms with Crippen molar-refractivity contribution in [3.05, 3.63) is 132 Å². The Kier molecular flexibility index (Phi) is 9.29. The van der Waals surface area contributed by atoms with Gasteiger partial charge in [-0.1, -0.05) is 24.3 Å². The minimum atomic E-state index is -0.944. The molecule has 0 saturated carbocycles. The number of phenols is 5. The first-order chi connectivity index (χ1) is 20.6. The molecule has 0 unspecified atom stereocenters. The fraction of sp³-hybridized carbons (Fsp3) is 0. The van der Waals surface area contributed by atoms with Gasteiger partial charge in [0, 0.05) is 0 Å². The van der Waals surface area contributed by atoms with E-state index in [0.717, 1.165) is 21.5 Å². The second-order valence-electron chi connectivity index (χ2n) is 9.20. The highest BCUT2D eigenvalue weighted by atomic mass is 16.5. The molecule has 0 radical (unpaired) electrons. The van der Waals surface area contributed by atoms with Crippen LogP contribution in [0.4, 0.5) is 0 Å². The predicted molar refractivity (Wildman–Crippen MR) is 161 cm³/mol. The van der Waals surface area contributed by atoms with Gasteiger partial charge in [-0.05, 0) is 119 Å². The molecule has 0 aliphatic heterocycles. The zero-order valence-electron chi connectivity index (χ0n) is 22.5. The van der Waals surface area contributed by atoms with Crippen LogP contribution in [-0.2, 0) is 0 Å². The number of esters is 1. The molecule has 6 aromatic rings. The largest absolute Gasteiger partial charge is 0.508 e. The van der Waals surface area contributed by atoms with Gasteiger partial charge in [0.25, 0.3) is 0 Å². The number of aromatic hydroxyl groups is 5. The summed E-state index contributed by atoms with van der Waals surface area (Å²) in [5.74, 6) is -0.243. The number of carbonyl (C=O) groups is 2. The van der Waals surface area contributed by atoms with Gasteiger partial charge < -0.3 is 35.4 Å². The molecule has 43 heavy (non-hydrogen) atoms. The van der Waals surface area contributed by atoms with Crippen LogP contribution in [0.5, 0.6) is 34.5 Å². The Bertz CT molecular complexity index is 1860. The number of rotatable bonds is 3. The number of carboxylic acid groups (broad SMARTS) is 1. The molecule has 6 N–H and O–H groups in total. The van der Waals surface area contributed by atoms with Gasteiger partial charge in [0.15, 0.2) is 0 Å². The van der Waals surface area contributed by atoms with E-state index in [1.54, 1.807) is 60.7 Å². The van der Waals surface area contributed by atoms with E-state index in [1.165, 1.54) is 60.7 Å². The molecule has 0 heterocycles. The number of benzene rings is 6. The summed E-state index contributed by atoms with van der Waals surface area (Å²) >= 11 is 0. The zero-order valence-corrected chi connectivity index (χ0v) is 22.5. The van der Waals surface area contributed by atoms with Crippen molar-refractivity contribution in [2.75, 3.05) is 0 Å². The number of hydrogen-bond acceptors (Lipinski definition) is 8. The van der Waals surface area contributed by atoms with E-state index in [4.69, 9.17) is 20.1 Å². The maximum absolute atomic E-state index is 12.1. The Balaban J connectivity index is 0.000000165. The molecule has 9 heteroatoms. The molecule has 216 valence electrons. The lowest BCUT2D eigenvalue weighted by molar-refractivity contribution is 0.0694. The van der Waals surface area contributed by atoms with Crippen LogP contribution in [0.3, 0.4) is 0 Å². The summed E-state index contributed by atoms with van der Waals surface area (Å²) in [7, 11) is 0. The van der Waals surface area contributed by atoms with Gasteiger partial charge >= 0.3 is 11.9 Å². The molecule has 0 aliphatic carbocycles. The second-order valence-corrected chi connectivity index (χ2v) is 9.20. The van der Waals surface area contributed by atoms with E-state index < -0.39 is 11.9 Å². The number of carboxylic acids is 1. The molecule has 6 rings (SSSR count). The first-order valence-corrected chi connectivity index (χ1v) is 12.8. The lowest BCUT2D eigenvalue weighted by atomic mass is 10.1. The Hall–Kier alpha value is -6.22. The number of hydrogen-bond donors (Lipinski definition) is 6. The van der Waals surface area contributed by atoms with E-state index in [-0.39, 0.29) is 34.3 Å². The summed E-state index contributed by atoms with van der Waals surface area (Å²) < 4.78 is 5.23. The summed E-state index contributed by atoms with van der Waals surface area (Å²) in [6.07, 6.45) is 0. The average Bonchev–Trinajstić information content (AvgIpc) is 3.00. The molecule has 0 fully saturated rings. The summed E-state index contributed by atoms with van der Waals surface area (Å²) in [4.78, 5) is 22.7. The highest BCUT2D eigenvalue weighted by molar-refractivity contribution is 5.97. The molecule has 9 nitrogen and oxygen atoms in total. The smallest absolute Gasteiger partial charge is 0.343 e. The van der Waals surface area contributed by atoms with E-state index in [9.17, 15) is 24.9 Å². The van der Waals surface area contributed by atoms with Gasteiger partial charge in [-0.3, -0.25) is 0 Å². The van der Waals surface area contributed by atoms with Crippen LogP contribution in [-0.4, -0.2) is 42.6 Å². The highest BCUT2D eigenvalue weighted by Gasteiger charge is 2.10. The van der Waals surface area contributed by atoms with E-state index in [1.807, 2.05) is 0 Å². The van der Waals surface area contributed by atoms with Gasteiger partial charge in [0.2, 0.25) is 0 Å². The van der Waals surface area contributed by atoms with Gasteiger partial charge in [-0.25, -0.2) is 9.59 Å². The maximum atomic E-state index is 12.1. The molecule has 0 atom stereocenters. The maximum Gasteiger partial charge on any atom is 0.343 e. The van der Waals surface area contributed by atoms with E-state index >= 15 is 0 Å². The quantitative estimate of drug-likeness (QED) is 0.0751. The Labute approximate surface area is 245 Å². The van der Waals surface area contributed by atoms with Gasteiger partial charge in [0.1, 0.15) is 34.5 Å². The standard InChI is InChI=1S/C17H12O4.C11H8O3.C6H6O2/c18-14-5-7-16(8-6-14)21-17(20)13-2-1-12-10-15(19)4-3-11(12)9-13;12-10-4-3-7-5-9(11(13)14)2-1-8(7)6-10;7-5-1-2-6(8)4-3-5/h1-10,18-19H;1-6,12H,(H,13,14);1-4,7-8H. The van der Waals surface area contributed by atoms with Crippen molar-refractivity contribution < 1.29 is 45.0 Å². The molecule has 6 aromatic carbocycles. The van der Waals surface area contributed by atoms with Gasteiger partial charge in [0.05, 0.1) is 11.1 Å². The van der Waals surface area contributed by atoms with Crippen molar-refractivity contribution in [1.29, 1.82) is 0 Å². The van der Waals surface area contributed by atoms with Crippen molar-refractivity contribution in [2.45, 2.75) is 0 Å². The fourth-order valence-corrected chi connectivity index (χ4v) is 3.86. The predicted octanol–water partition coefficient (Wildman–Crippen LogP) is 6.81. The van der Waals surface area contributed by atoms with Crippen LogP contribution < -0.4 is 4.74 Å². The van der Waals surface area contributed by atoms with E-state index in [0.29, 0.717) is 11.3 Å². The first-order valence-electron chi connectivity index (χ1n) is 12.8. The third kappa shape index (κ3) is 8.38. The van der Waals surface area contributed by atoms with E-state index in [2.05, 4.69) is 0 Å². The zero-order chi connectivity index (χ0) is 30.9. The number of phenolic OH excluding ortho intramolecular Hbond substituents is 5. The van der Waals surface area contributed by atoms with Crippen molar-refractivity contribution in [1.82, 2.24) is 0 Å². The molecular formula is C34H26O9. The van der Waals surface area contributed by atoms with Crippen LogP contribution in [0.25, 0.3) is 21.5 Å². The second kappa shape index (κ2) is 13.4. The number of carbonyl (C=O) groups excluding carboxylic acids is 1. The van der Waals surface area contributed by atoms with Crippen molar-refractivity contribution in [3.63, 3.8) is 0 Å². The number of ether oxygens (including phenoxy) is 1. The third-order valence-electron chi connectivity index (χ3n) is 6.03. The average molecular weight is 579 g/mol. The molecule has 0 spiro atoms. The summed E-state index contributed by atoms with van der Waals surface area (Å²) in [6, 6.07) is 31.3. The van der Waals surface area contributed by atoms with Crippen LogP contribution in [0.2, 0.25) is 0 Å². The summed E-state index contributed by atoms with van der Waals surface area (Å²) in [5, 5.41) is 57.2. The normalized spacial score (nSPS) is 10.1. The molecule has 0 bridgehead atoms. The SMILES string of the molecule is O=C(O)c1ccc2cc(O)ccc2c1.O=C(Oc1ccc(O)cc1)c1ccc2cc(O)ccc2c1.Oc1ccc(O)cc1. The van der Waals surface area contributed by atoms with Crippen LogP contribution in [0, 0.1) is 0 Å². The van der Waals surface area contributed by atoms with Crippen LogP contribution in [0.15, 0.2) is 121 Å². The minimum absolute atomic E-state index is 0.111. The van der Waals surface area contributed by atoms with Crippen molar-refractivity contribution in [3.8, 4) is 34.5 Å². The lowest BCUT2D eigenvalue weighted by Crippen LogP contribution is -2.08. The highest BCUT2D eigenvalue weighted by Crippen LogP contribution is 2.23. The van der Waals surface area contributed by atoms with Gasteiger partial charge in [-0.15, -0.1) is 0 Å². The van der Waals surface area contributed by atoms with Crippen molar-refractivity contribution in [2.24, 2.45) is 0 Å². The fourth-order valence-electron chi connectivity index (χ4n) is 3.86. The first kappa shape index (κ1) is 29.8. The topological polar surface area (TPSA) is 165 Å². The Morgan fingerprint density at radius 1 is 0.419 bits per heavy atom. The molecule has 0 aromatic heterocycles.